The van der Waals surface area contributed by atoms with Crippen molar-refractivity contribution in [3.05, 3.63) is 71.8 Å². The first-order chi connectivity index (χ1) is 11.0. The van der Waals surface area contributed by atoms with Gasteiger partial charge in [0, 0.05) is 23.7 Å². The summed E-state index contributed by atoms with van der Waals surface area (Å²) in [6.07, 6.45) is 0. The SMILES string of the molecule is COCC(C)(C)C(C(=O)c1ccccc1)C(=O)c1ccccc1. The number of hydrogen-bond acceptors (Lipinski definition) is 3. The Bertz CT molecular complexity index is 608. The Morgan fingerprint density at radius 1 is 0.870 bits per heavy atom. The molecule has 120 valence electrons. The van der Waals surface area contributed by atoms with Crippen LogP contribution in [0.3, 0.4) is 0 Å². The first kappa shape index (κ1) is 17.1. The molecule has 2 aromatic rings. The fraction of sp³-hybridized carbons (Fsp3) is 0.300. The van der Waals surface area contributed by atoms with Crippen molar-refractivity contribution in [1.82, 2.24) is 0 Å². The van der Waals surface area contributed by atoms with Crippen molar-refractivity contribution in [2.24, 2.45) is 11.3 Å². The second kappa shape index (κ2) is 7.34. The average molecular weight is 310 g/mol. The fourth-order valence-electron chi connectivity index (χ4n) is 2.82. The largest absolute Gasteiger partial charge is 0.384 e. The maximum atomic E-state index is 13.0. The van der Waals surface area contributed by atoms with Crippen molar-refractivity contribution in [1.29, 1.82) is 0 Å². The van der Waals surface area contributed by atoms with Crippen molar-refractivity contribution in [3.8, 4) is 0 Å². The lowest BCUT2D eigenvalue weighted by molar-refractivity contribution is 0.0433. The summed E-state index contributed by atoms with van der Waals surface area (Å²) in [7, 11) is 1.58. The second-order valence-electron chi connectivity index (χ2n) is 6.32. The van der Waals surface area contributed by atoms with E-state index in [0.29, 0.717) is 17.7 Å². The minimum Gasteiger partial charge on any atom is -0.384 e. The minimum atomic E-state index is -0.785. The van der Waals surface area contributed by atoms with E-state index >= 15 is 0 Å². The molecule has 0 saturated heterocycles. The summed E-state index contributed by atoms with van der Waals surface area (Å²) in [6.45, 7) is 4.11. The molecule has 3 heteroatoms. The van der Waals surface area contributed by atoms with Gasteiger partial charge in [-0.05, 0) is 0 Å². The summed E-state index contributed by atoms with van der Waals surface area (Å²) in [6, 6.07) is 17.9. The van der Waals surface area contributed by atoms with E-state index < -0.39 is 11.3 Å². The van der Waals surface area contributed by atoms with Crippen LogP contribution < -0.4 is 0 Å². The molecule has 0 aliphatic rings. The number of Topliss-reactive ketones (excluding diaryl/α,β-unsaturated/α-hetero) is 2. The predicted molar refractivity (Wildman–Crippen MR) is 90.7 cm³/mol. The second-order valence-corrected chi connectivity index (χ2v) is 6.32. The van der Waals surface area contributed by atoms with Gasteiger partial charge < -0.3 is 4.74 Å². The molecule has 0 atom stereocenters. The zero-order valence-corrected chi connectivity index (χ0v) is 13.8. The van der Waals surface area contributed by atoms with E-state index in [-0.39, 0.29) is 11.6 Å². The molecule has 0 aliphatic heterocycles. The molecular weight excluding hydrogens is 288 g/mol. The summed E-state index contributed by atoms with van der Waals surface area (Å²) in [5, 5.41) is 0. The maximum Gasteiger partial charge on any atom is 0.174 e. The summed E-state index contributed by atoms with van der Waals surface area (Å²) >= 11 is 0. The Kier molecular flexibility index (Phi) is 5.45. The van der Waals surface area contributed by atoms with Crippen LogP contribution in [0.5, 0.6) is 0 Å². The highest BCUT2D eigenvalue weighted by Crippen LogP contribution is 2.33. The first-order valence-corrected chi connectivity index (χ1v) is 7.65. The van der Waals surface area contributed by atoms with E-state index in [2.05, 4.69) is 0 Å². The molecule has 0 radical (unpaired) electrons. The van der Waals surface area contributed by atoms with Crippen LogP contribution in [0, 0.1) is 11.3 Å². The number of carbonyl (C=O) groups is 2. The third-order valence-electron chi connectivity index (χ3n) is 3.94. The summed E-state index contributed by atoms with van der Waals surface area (Å²) in [5.74, 6) is -1.12. The van der Waals surface area contributed by atoms with Gasteiger partial charge in [0.15, 0.2) is 11.6 Å². The molecule has 0 bridgehead atoms. The molecule has 0 aliphatic carbocycles. The number of ketones is 2. The van der Waals surface area contributed by atoms with Gasteiger partial charge in [-0.3, -0.25) is 9.59 Å². The summed E-state index contributed by atoms with van der Waals surface area (Å²) < 4.78 is 5.26. The minimum absolute atomic E-state index is 0.165. The molecule has 0 fully saturated rings. The van der Waals surface area contributed by atoms with Crippen molar-refractivity contribution in [2.75, 3.05) is 13.7 Å². The fourth-order valence-corrected chi connectivity index (χ4v) is 2.82. The van der Waals surface area contributed by atoms with Crippen molar-refractivity contribution < 1.29 is 14.3 Å². The average Bonchev–Trinajstić information content (AvgIpc) is 2.56. The molecule has 3 nitrogen and oxygen atoms in total. The molecule has 0 aromatic heterocycles. The molecule has 0 unspecified atom stereocenters. The Labute approximate surface area is 137 Å². The normalized spacial score (nSPS) is 11.5. The predicted octanol–water partition coefficient (Wildman–Crippen LogP) is 4.04. The molecule has 0 saturated carbocycles. The number of carbonyl (C=O) groups excluding carboxylic acids is 2. The van der Waals surface area contributed by atoms with E-state index in [1.54, 1.807) is 55.6 Å². The summed E-state index contributed by atoms with van der Waals surface area (Å²) in [4.78, 5) is 26.0. The van der Waals surface area contributed by atoms with Gasteiger partial charge in [-0.2, -0.15) is 0 Å². The van der Waals surface area contributed by atoms with Crippen molar-refractivity contribution >= 4 is 11.6 Å². The lowest BCUT2D eigenvalue weighted by Crippen LogP contribution is -2.40. The van der Waals surface area contributed by atoms with Gasteiger partial charge >= 0.3 is 0 Å². The first-order valence-electron chi connectivity index (χ1n) is 7.65. The Morgan fingerprint density at radius 2 is 1.26 bits per heavy atom. The van der Waals surface area contributed by atoms with Crippen LogP contribution in [0.4, 0.5) is 0 Å². The van der Waals surface area contributed by atoms with Crippen LogP contribution in [-0.4, -0.2) is 25.3 Å². The highest BCUT2D eigenvalue weighted by atomic mass is 16.5. The number of ether oxygens (including phenoxy) is 1. The number of benzene rings is 2. The van der Waals surface area contributed by atoms with Crippen LogP contribution in [0.2, 0.25) is 0 Å². The molecule has 0 heterocycles. The molecule has 0 N–H and O–H groups in total. The molecular formula is C20H22O3. The Hall–Kier alpha value is -2.26. The van der Waals surface area contributed by atoms with Gasteiger partial charge in [0.25, 0.3) is 0 Å². The third kappa shape index (κ3) is 3.93. The van der Waals surface area contributed by atoms with Gasteiger partial charge in [-0.15, -0.1) is 0 Å². The highest BCUT2D eigenvalue weighted by molar-refractivity contribution is 6.16. The van der Waals surface area contributed by atoms with Crippen molar-refractivity contribution in [2.45, 2.75) is 13.8 Å². The number of hydrogen-bond donors (Lipinski definition) is 0. The molecule has 2 rings (SSSR count). The van der Waals surface area contributed by atoms with Crippen LogP contribution in [-0.2, 0) is 4.74 Å². The van der Waals surface area contributed by atoms with E-state index in [9.17, 15) is 9.59 Å². The molecule has 0 spiro atoms. The topological polar surface area (TPSA) is 43.4 Å². The zero-order valence-electron chi connectivity index (χ0n) is 13.8. The quantitative estimate of drug-likeness (QED) is 0.572. The lowest BCUT2D eigenvalue weighted by Gasteiger charge is -2.31. The van der Waals surface area contributed by atoms with E-state index in [4.69, 9.17) is 4.74 Å². The monoisotopic (exact) mass is 310 g/mol. The molecule has 23 heavy (non-hydrogen) atoms. The van der Waals surface area contributed by atoms with Gasteiger partial charge in [0.2, 0.25) is 0 Å². The Morgan fingerprint density at radius 3 is 1.61 bits per heavy atom. The van der Waals surface area contributed by atoms with Gasteiger partial charge in [0.05, 0.1) is 12.5 Å². The number of methoxy groups -OCH3 is 1. The number of rotatable bonds is 7. The van der Waals surface area contributed by atoms with E-state index in [1.165, 1.54) is 0 Å². The zero-order chi connectivity index (χ0) is 16.9. The standard InChI is InChI=1S/C20H22O3/c1-20(2,14-23-3)17(18(21)15-10-6-4-7-11-15)19(22)16-12-8-5-9-13-16/h4-13,17H,14H2,1-3H3. The van der Waals surface area contributed by atoms with Crippen LogP contribution in [0.25, 0.3) is 0 Å². The van der Waals surface area contributed by atoms with Gasteiger partial charge in [-0.25, -0.2) is 0 Å². The van der Waals surface area contributed by atoms with Crippen molar-refractivity contribution in [3.63, 3.8) is 0 Å². The highest BCUT2D eigenvalue weighted by Gasteiger charge is 2.41. The maximum absolute atomic E-state index is 13.0. The molecule has 0 amide bonds. The third-order valence-corrected chi connectivity index (χ3v) is 3.94. The summed E-state index contributed by atoms with van der Waals surface area (Å²) in [5.41, 5.74) is 0.492. The van der Waals surface area contributed by atoms with Gasteiger partial charge in [0.1, 0.15) is 0 Å². The van der Waals surface area contributed by atoms with Crippen LogP contribution in [0.15, 0.2) is 60.7 Å². The van der Waals surface area contributed by atoms with E-state index in [0.717, 1.165) is 0 Å². The van der Waals surface area contributed by atoms with Crippen LogP contribution in [0.1, 0.15) is 34.6 Å². The lowest BCUT2D eigenvalue weighted by atomic mass is 9.71. The smallest absolute Gasteiger partial charge is 0.174 e. The van der Waals surface area contributed by atoms with Gasteiger partial charge in [-0.1, -0.05) is 74.5 Å². The Balaban J connectivity index is 2.44. The molecule has 2 aromatic carbocycles. The van der Waals surface area contributed by atoms with E-state index in [1.807, 2.05) is 26.0 Å². The van der Waals surface area contributed by atoms with Crippen LogP contribution >= 0.6 is 0 Å².